The van der Waals surface area contributed by atoms with Crippen molar-refractivity contribution in [2.24, 2.45) is 5.73 Å². The number of nitrogens with zero attached hydrogens (tertiary/aromatic N) is 2. The summed E-state index contributed by atoms with van der Waals surface area (Å²) in [5.74, 6) is 3.51. The summed E-state index contributed by atoms with van der Waals surface area (Å²) in [4.78, 5) is 6.28. The fourth-order valence-corrected chi connectivity index (χ4v) is 1.23. The van der Waals surface area contributed by atoms with Gasteiger partial charge in [-0.15, -0.1) is 6.42 Å². The molecule has 3 heteroatoms. The van der Waals surface area contributed by atoms with Crippen molar-refractivity contribution >= 4 is 5.82 Å². The number of anilines is 1. The normalized spacial score (nSPS) is 9.50. The fourth-order valence-electron chi connectivity index (χ4n) is 1.23. The summed E-state index contributed by atoms with van der Waals surface area (Å²) in [6.07, 6.45) is 7.03. The van der Waals surface area contributed by atoms with Crippen LogP contribution >= 0.6 is 0 Å². The van der Waals surface area contributed by atoms with Gasteiger partial charge in [0, 0.05) is 19.3 Å². The van der Waals surface area contributed by atoms with Crippen LogP contribution in [0.1, 0.15) is 12.5 Å². The highest BCUT2D eigenvalue weighted by molar-refractivity contribution is 5.42. The molecule has 2 N–H and O–H groups in total. The smallest absolute Gasteiger partial charge is 0.129 e. The number of hydrogen-bond acceptors (Lipinski definition) is 3. The Balaban J connectivity index is 2.87. The molecule has 14 heavy (non-hydrogen) atoms. The first-order valence-electron chi connectivity index (χ1n) is 4.65. The molecule has 0 saturated heterocycles. The third-order valence-corrected chi connectivity index (χ3v) is 2.03. The van der Waals surface area contributed by atoms with Gasteiger partial charge in [-0.25, -0.2) is 4.98 Å². The van der Waals surface area contributed by atoms with E-state index in [1.807, 2.05) is 24.0 Å². The molecule has 0 fully saturated rings. The van der Waals surface area contributed by atoms with Crippen molar-refractivity contribution in [3.05, 3.63) is 23.9 Å². The van der Waals surface area contributed by atoms with Crippen LogP contribution in [0, 0.1) is 12.3 Å². The third kappa shape index (κ3) is 2.48. The second-order valence-corrected chi connectivity index (χ2v) is 2.94. The largest absolute Gasteiger partial charge is 0.346 e. The lowest BCUT2D eigenvalue weighted by atomic mass is 10.2. The summed E-state index contributed by atoms with van der Waals surface area (Å²) in [7, 11) is 0. The highest BCUT2D eigenvalue weighted by atomic mass is 15.2. The van der Waals surface area contributed by atoms with E-state index in [1.165, 1.54) is 0 Å². The van der Waals surface area contributed by atoms with E-state index in [-0.39, 0.29) is 0 Å². The van der Waals surface area contributed by atoms with Crippen LogP contribution in [0.3, 0.4) is 0 Å². The van der Waals surface area contributed by atoms with Crippen molar-refractivity contribution in [3.63, 3.8) is 0 Å². The first-order chi connectivity index (χ1) is 6.81. The molecule has 1 rings (SSSR count). The van der Waals surface area contributed by atoms with Crippen LogP contribution in [0.2, 0.25) is 0 Å². The molecule has 0 radical (unpaired) electrons. The molecule has 1 aromatic rings. The van der Waals surface area contributed by atoms with Crippen molar-refractivity contribution in [3.8, 4) is 12.3 Å². The molecule has 0 unspecified atom stereocenters. The summed E-state index contributed by atoms with van der Waals surface area (Å²) in [6.45, 7) is 4.01. The van der Waals surface area contributed by atoms with Gasteiger partial charge in [0.25, 0.3) is 0 Å². The van der Waals surface area contributed by atoms with Gasteiger partial charge in [0.2, 0.25) is 0 Å². The molecule has 0 amide bonds. The number of nitrogens with two attached hydrogens (primary N) is 1. The lowest BCUT2D eigenvalue weighted by Gasteiger charge is -2.19. The Morgan fingerprint density at radius 3 is 3.00 bits per heavy atom. The van der Waals surface area contributed by atoms with E-state index in [4.69, 9.17) is 12.2 Å². The second-order valence-electron chi connectivity index (χ2n) is 2.94. The zero-order valence-electron chi connectivity index (χ0n) is 8.40. The SMILES string of the molecule is C#CCN(CC)c1cc(CN)ccn1. The van der Waals surface area contributed by atoms with Gasteiger partial charge >= 0.3 is 0 Å². The van der Waals surface area contributed by atoms with Crippen LogP contribution in [0.25, 0.3) is 0 Å². The highest BCUT2D eigenvalue weighted by Crippen LogP contribution is 2.11. The molecule has 1 heterocycles. The van der Waals surface area contributed by atoms with Crippen LogP contribution in [0.4, 0.5) is 5.82 Å². The van der Waals surface area contributed by atoms with Crippen LogP contribution in [-0.4, -0.2) is 18.1 Å². The van der Waals surface area contributed by atoms with E-state index >= 15 is 0 Å². The number of terminal acetylenes is 1. The van der Waals surface area contributed by atoms with Crippen molar-refractivity contribution in [2.75, 3.05) is 18.0 Å². The highest BCUT2D eigenvalue weighted by Gasteiger charge is 2.03. The molecule has 0 bridgehead atoms. The molecule has 74 valence electrons. The average Bonchev–Trinajstić information content (AvgIpc) is 2.26. The Bertz CT molecular complexity index is 328. The molecule has 0 spiro atoms. The molecular formula is C11H15N3. The molecule has 0 aliphatic carbocycles. The zero-order chi connectivity index (χ0) is 10.4. The van der Waals surface area contributed by atoms with Gasteiger partial charge in [-0.3, -0.25) is 0 Å². The summed E-state index contributed by atoms with van der Waals surface area (Å²) < 4.78 is 0. The van der Waals surface area contributed by atoms with Crippen LogP contribution in [0.15, 0.2) is 18.3 Å². The monoisotopic (exact) mass is 189 g/mol. The first kappa shape index (κ1) is 10.6. The van der Waals surface area contributed by atoms with Gasteiger partial charge in [0.15, 0.2) is 0 Å². The van der Waals surface area contributed by atoms with Crippen molar-refractivity contribution in [1.82, 2.24) is 4.98 Å². The summed E-state index contributed by atoms with van der Waals surface area (Å²) >= 11 is 0. The standard InChI is InChI=1S/C11H15N3/c1-3-7-14(4-2)11-8-10(9-12)5-6-13-11/h1,5-6,8H,4,7,9,12H2,2H3. The summed E-state index contributed by atoms with van der Waals surface area (Å²) in [5, 5.41) is 0. The molecule has 1 aromatic heterocycles. The molecule has 0 aliphatic rings. The van der Waals surface area contributed by atoms with Gasteiger partial charge < -0.3 is 10.6 Å². The van der Waals surface area contributed by atoms with Crippen LogP contribution in [-0.2, 0) is 6.54 Å². The molecule has 0 saturated carbocycles. The zero-order valence-corrected chi connectivity index (χ0v) is 8.40. The minimum Gasteiger partial charge on any atom is -0.346 e. The fraction of sp³-hybridized carbons (Fsp3) is 0.364. The second kappa shape index (κ2) is 5.25. The minimum atomic E-state index is 0.531. The average molecular weight is 189 g/mol. The number of aromatic nitrogens is 1. The van der Waals surface area contributed by atoms with Crippen LogP contribution < -0.4 is 10.6 Å². The molecular weight excluding hydrogens is 174 g/mol. The maximum atomic E-state index is 5.55. The van der Waals surface area contributed by atoms with Crippen LogP contribution in [0.5, 0.6) is 0 Å². The van der Waals surface area contributed by atoms with E-state index in [9.17, 15) is 0 Å². The molecule has 0 atom stereocenters. The Hall–Kier alpha value is -1.53. The molecule has 0 aliphatic heterocycles. The first-order valence-corrected chi connectivity index (χ1v) is 4.65. The van der Waals surface area contributed by atoms with E-state index < -0.39 is 0 Å². The van der Waals surface area contributed by atoms with E-state index in [2.05, 4.69) is 10.9 Å². The Morgan fingerprint density at radius 2 is 2.43 bits per heavy atom. The quantitative estimate of drug-likeness (QED) is 0.718. The maximum Gasteiger partial charge on any atom is 0.129 e. The van der Waals surface area contributed by atoms with Crippen molar-refractivity contribution in [1.29, 1.82) is 0 Å². The van der Waals surface area contributed by atoms with Gasteiger partial charge in [-0.05, 0) is 24.6 Å². The van der Waals surface area contributed by atoms with Crippen molar-refractivity contribution < 1.29 is 0 Å². The predicted molar refractivity (Wildman–Crippen MR) is 58.8 cm³/mol. The Labute approximate surface area is 84.9 Å². The van der Waals surface area contributed by atoms with E-state index in [1.54, 1.807) is 6.20 Å². The lowest BCUT2D eigenvalue weighted by molar-refractivity contribution is 0.888. The molecule has 0 aromatic carbocycles. The van der Waals surface area contributed by atoms with Gasteiger partial charge in [0.05, 0.1) is 6.54 Å². The Morgan fingerprint density at radius 1 is 1.64 bits per heavy atom. The number of pyridine rings is 1. The summed E-state index contributed by atoms with van der Waals surface area (Å²) in [5.41, 5.74) is 6.62. The summed E-state index contributed by atoms with van der Waals surface area (Å²) in [6, 6.07) is 3.88. The van der Waals surface area contributed by atoms with E-state index in [0.717, 1.165) is 17.9 Å². The van der Waals surface area contributed by atoms with Crippen molar-refractivity contribution in [2.45, 2.75) is 13.5 Å². The Kier molecular flexibility index (Phi) is 3.96. The predicted octanol–water partition coefficient (Wildman–Crippen LogP) is 1.000. The third-order valence-electron chi connectivity index (χ3n) is 2.03. The number of hydrogen-bond donors (Lipinski definition) is 1. The van der Waals surface area contributed by atoms with Gasteiger partial charge in [-0.1, -0.05) is 5.92 Å². The maximum absolute atomic E-state index is 5.55. The minimum absolute atomic E-state index is 0.531. The van der Waals surface area contributed by atoms with E-state index in [0.29, 0.717) is 13.1 Å². The van der Waals surface area contributed by atoms with Gasteiger partial charge in [-0.2, -0.15) is 0 Å². The topological polar surface area (TPSA) is 42.1 Å². The number of rotatable bonds is 4. The molecule has 3 nitrogen and oxygen atoms in total. The van der Waals surface area contributed by atoms with Gasteiger partial charge in [0.1, 0.15) is 5.82 Å². The lowest BCUT2D eigenvalue weighted by Crippen LogP contribution is -2.24.